The molecule has 6 rings (SSSR count). The van der Waals surface area contributed by atoms with Gasteiger partial charge in [-0.3, -0.25) is 14.6 Å². The van der Waals surface area contributed by atoms with Crippen LogP contribution in [0.3, 0.4) is 0 Å². The highest BCUT2D eigenvalue weighted by atomic mass is 32.1. The van der Waals surface area contributed by atoms with Gasteiger partial charge in [-0.25, -0.2) is 4.98 Å². The molecule has 4 N–H and O–H groups in total. The van der Waals surface area contributed by atoms with Crippen molar-refractivity contribution in [1.82, 2.24) is 19.9 Å². The van der Waals surface area contributed by atoms with Gasteiger partial charge in [0.2, 0.25) is 0 Å². The first-order chi connectivity index (χ1) is 20.9. The second kappa shape index (κ2) is 11.8. The van der Waals surface area contributed by atoms with Crippen LogP contribution in [0.2, 0.25) is 0 Å². The Bertz CT molecular complexity index is 2010. The first-order valence-electron chi connectivity index (χ1n) is 13.5. The van der Waals surface area contributed by atoms with Crippen molar-refractivity contribution >= 4 is 61.7 Å². The number of hydrogen-bond donors (Lipinski definition) is 3. The zero-order chi connectivity index (χ0) is 29.9. The number of para-hydroxylation sites is 1. The largest absolute Gasteiger partial charge is 0.495 e. The maximum atomic E-state index is 13.2. The van der Waals surface area contributed by atoms with Crippen molar-refractivity contribution in [2.45, 2.75) is 0 Å². The minimum Gasteiger partial charge on any atom is -0.495 e. The molecule has 0 spiro atoms. The molecule has 2 aromatic carbocycles. The fourth-order valence-electron chi connectivity index (χ4n) is 5.02. The van der Waals surface area contributed by atoms with Gasteiger partial charge in [0.15, 0.2) is 0 Å². The molecule has 4 heterocycles. The molecule has 4 aromatic heterocycles. The van der Waals surface area contributed by atoms with E-state index in [0.717, 1.165) is 37.7 Å². The van der Waals surface area contributed by atoms with Crippen LogP contribution in [0.15, 0.2) is 90.7 Å². The van der Waals surface area contributed by atoms with Crippen molar-refractivity contribution < 1.29 is 14.3 Å². The normalized spacial score (nSPS) is 11.3. The molecule has 10 heteroatoms. The minimum absolute atomic E-state index is 0.170. The Hall–Kier alpha value is -5.48. The number of nitrogens with one attached hydrogen (secondary N) is 2. The van der Waals surface area contributed by atoms with Gasteiger partial charge < -0.3 is 25.7 Å². The maximum absolute atomic E-state index is 13.2. The number of ether oxygens (including phenoxy) is 1. The number of benzene rings is 2. The van der Waals surface area contributed by atoms with E-state index in [2.05, 4.69) is 20.6 Å². The second-order valence-electron chi connectivity index (χ2n) is 9.82. The molecule has 0 bridgehead atoms. The zero-order valence-electron chi connectivity index (χ0n) is 23.5. The number of fused-ring (bicyclic) bond motifs is 2. The Morgan fingerprint density at radius 2 is 1.88 bits per heavy atom. The summed E-state index contributed by atoms with van der Waals surface area (Å²) in [6.07, 6.45) is 8.70. The summed E-state index contributed by atoms with van der Waals surface area (Å²) in [5.41, 5.74) is 11.7. The first kappa shape index (κ1) is 27.7. The summed E-state index contributed by atoms with van der Waals surface area (Å²) in [4.78, 5) is 33.9. The molecule has 0 aliphatic heterocycles. The van der Waals surface area contributed by atoms with E-state index in [4.69, 9.17) is 10.5 Å². The molecule has 0 radical (unpaired) electrons. The predicted molar refractivity (Wildman–Crippen MR) is 172 cm³/mol. The average molecular weight is 589 g/mol. The number of carbonyl (C=O) groups is 2. The molecule has 214 valence electrons. The highest BCUT2D eigenvalue weighted by Gasteiger charge is 2.18. The third-order valence-corrected chi connectivity index (χ3v) is 8.25. The molecule has 0 aliphatic carbocycles. The van der Waals surface area contributed by atoms with Gasteiger partial charge in [0.25, 0.3) is 11.8 Å². The molecule has 9 nitrogen and oxygen atoms in total. The van der Waals surface area contributed by atoms with Crippen LogP contribution in [-0.2, 0) is 7.05 Å². The monoisotopic (exact) mass is 588 g/mol. The molecule has 0 unspecified atom stereocenters. The van der Waals surface area contributed by atoms with Crippen LogP contribution < -0.4 is 21.1 Å². The third kappa shape index (κ3) is 5.43. The Morgan fingerprint density at radius 3 is 2.67 bits per heavy atom. The second-order valence-corrected chi connectivity index (χ2v) is 10.7. The van der Waals surface area contributed by atoms with Crippen molar-refractivity contribution in [2.75, 3.05) is 24.7 Å². The molecule has 0 atom stereocenters. The van der Waals surface area contributed by atoms with Crippen molar-refractivity contribution in [1.29, 1.82) is 0 Å². The van der Waals surface area contributed by atoms with Crippen LogP contribution >= 0.6 is 11.3 Å². The van der Waals surface area contributed by atoms with E-state index in [1.807, 2.05) is 77.7 Å². The molecular weight excluding hydrogens is 560 g/mol. The molecule has 43 heavy (non-hydrogen) atoms. The summed E-state index contributed by atoms with van der Waals surface area (Å²) in [6.45, 7) is 0.356. The Balaban J connectivity index is 1.23. The van der Waals surface area contributed by atoms with Gasteiger partial charge in [0.05, 0.1) is 12.8 Å². The van der Waals surface area contributed by atoms with E-state index in [1.54, 1.807) is 49.2 Å². The minimum atomic E-state index is -0.229. The smallest absolute Gasteiger partial charge is 0.272 e. The number of nitrogen functional groups attached to an aromatic ring is 1. The van der Waals surface area contributed by atoms with E-state index < -0.39 is 0 Å². The molecule has 0 saturated carbocycles. The summed E-state index contributed by atoms with van der Waals surface area (Å²) >= 11 is 1.56. The summed E-state index contributed by atoms with van der Waals surface area (Å²) in [5.74, 6) is 0.544. The molecule has 0 aliphatic rings. The number of methoxy groups -OCH3 is 1. The number of thiophene rings is 1. The number of amides is 2. The summed E-state index contributed by atoms with van der Waals surface area (Å²) in [5, 5.41) is 9.73. The number of nitrogens with zero attached hydrogens (tertiary/aromatic N) is 3. The van der Waals surface area contributed by atoms with Gasteiger partial charge in [-0.05, 0) is 47.3 Å². The van der Waals surface area contributed by atoms with Crippen molar-refractivity contribution in [3.05, 3.63) is 108 Å². The fourth-order valence-corrected chi connectivity index (χ4v) is 6.09. The van der Waals surface area contributed by atoms with Crippen molar-refractivity contribution in [2.24, 2.45) is 7.05 Å². The molecule has 2 amide bonds. The van der Waals surface area contributed by atoms with Gasteiger partial charge in [0, 0.05) is 69.9 Å². The highest BCUT2D eigenvalue weighted by molar-refractivity contribution is 7.18. The quantitative estimate of drug-likeness (QED) is 0.196. The number of anilines is 2. The molecule has 0 saturated heterocycles. The van der Waals surface area contributed by atoms with Crippen LogP contribution in [-0.4, -0.2) is 40.0 Å². The molecule has 6 aromatic rings. The van der Waals surface area contributed by atoms with E-state index in [0.29, 0.717) is 35.1 Å². The standard InChI is InChI=1S/C33H28N6O3S/c1-39-26-8-4-3-6-22(26)16-27(39)33(41)38-25-10-9-21(17-28(25)42-2)24-19-43-30-23(18-37-31(34)29(24)30)7-5-13-36-32(40)20-11-14-35-15-12-20/h3-12,14-19H,13H2,1-2H3,(H2,34,37)(H,36,40)(H,38,41)/b7-5+. The number of aryl methyl sites for hydroxylation is 1. The number of nitrogens with two attached hydrogens (primary N) is 1. The van der Waals surface area contributed by atoms with Crippen molar-refractivity contribution in [3.8, 4) is 16.9 Å². The lowest BCUT2D eigenvalue weighted by Gasteiger charge is -2.13. The predicted octanol–water partition coefficient (Wildman–Crippen LogP) is 6.14. The lowest BCUT2D eigenvalue weighted by atomic mass is 10.0. The number of aromatic nitrogens is 3. The van der Waals surface area contributed by atoms with E-state index in [1.165, 1.54) is 0 Å². The topological polar surface area (TPSA) is 124 Å². The van der Waals surface area contributed by atoms with E-state index in [-0.39, 0.29) is 11.8 Å². The number of rotatable bonds is 8. The van der Waals surface area contributed by atoms with E-state index in [9.17, 15) is 9.59 Å². The summed E-state index contributed by atoms with van der Waals surface area (Å²) in [6, 6.07) is 18.7. The van der Waals surface area contributed by atoms with Gasteiger partial charge in [-0.2, -0.15) is 0 Å². The average Bonchev–Trinajstić information content (AvgIpc) is 3.63. The lowest BCUT2D eigenvalue weighted by Crippen LogP contribution is -2.23. The van der Waals surface area contributed by atoms with Crippen LogP contribution in [0.25, 0.3) is 38.2 Å². The van der Waals surface area contributed by atoms with Crippen molar-refractivity contribution in [3.63, 3.8) is 0 Å². The SMILES string of the molecule is COc1cc(-c2csc3c(/C=C/CNC(=O)c4ccncc4)cnc(N)c23)ccc1NC(=O)c1cc2ccccc2n1C. The lowest BCUT2D eigenvalue weighted by molar-refractivity contribution is 0.0957. The fraction of sp³-hybridized carbons (Fsp3) is 0.0909. The number of pyridine rings is 2. The Morgan fingerprint density at radius 1 is 1.07 bits per heavy atom. The summed E-state index contributed by atoms with van der Waals surface area (Å²) in [7, 11) is 3.45. The molecular formula is C33H28N6O3S. The van der Waals surface area contributed by atoms with Crippen LogP contribution in [0, 0.1) is 0 Å². The maximum Gasteiger partial charge on any atom is 0.272 e. The third-order valence-electron chi connectivity index (χ3n) is 7.22. The summed E-state index contributed by atoms with van der Waals surface area (Å²) < 4.78 is 8.53. The van der Waals surface area contributed by atoms with Crippen LogP contribution in [0.1, 0.15) is 26.4 Å². The Kier molecular flexibility index (Phi) is 7.59. The zero-order valence-corrected chi connectivity index (χ0v) is 24.3. The van der Waals surface area contributed by atoms with Crippen LogP contribution in [0.4, 0.5) is 11.5 Å². The number of hydrogen-bond acceptors (Lipinski definition) is 7. The Labute approximate surface area is 251 Å². The molecule has 0 fully saturated rings. The highest BCUT2D eigenvalue weighted by Crippen LogP contribution is 2.41. The van der Waals surface area contributed by atoms with Crippen LogP contribution in [0.5, 0.6) is 5.75 Å². The van der Waals surface area contributed by atoms with Gasteiger partial charge >= 0.3 is 0 Å². The van der Waals surface area contributed by atoms with Gasteiger partial charge in [-0.1, -0.05) is 36.4 Å². The van der Waals surface area contributed by atoms with Gasteiger partial charge in [0.1, 0.15) is 17.3 Å². The first-order valence-corrected chi connectivity index (χ1v) is 14.4. The number of carbonyl (C=O) groups excluding carboxylic acids is 2. The van der Waals surface area contributed by atoms with E-state index >= 15 is 0 Å². The van der Waals surface area contributed by atoms with Gasteiger partial charge in [-0.15, -0.1) is 11.3 Å².